The van der Waals surface area contributed by atoms with Gasteiger partial charge < -0.3 is 10.6 Å². The highest BCUT2D eigenvalue weighted by Crippen LogP contribution is 2.56. The molecule has 2 N–H and O–H groups in total. The van der Waals surface area contributed by atoms with E-state index in [4.69, 9.17) is 0 Å². The van der Waals surface area contributed by atoms with Gasteiger partial charge in [0.2, 0.25) is 5.91 Å². The van der Waals surface area contributed by atoms with E-state index in [-0.39, 0.29) is 0 Å². The molecule has 1 amide bonds. The van der Waals surface area contributed by atoms with E-state index in [0.29, 0.717) is 17.7 Å². The van der Waals surface area contributed by atoms with Gasteiger partial charge in [-0.15, -0.1) is 0 Å². The summed E-state index contributed by atoms with van der Waals surface area (Å²) in [5.74, 6) is 4.84. The molecule has 3 nitrogen and oxygen atoms in total. The molecule has 0 radical (unpaired) electrons. The summed E-state index contributed by atoms with van der Waals surface area (Å²) in [5, 5.41) is 6.71. The molecule has 0 atom stereocenters. The lowest BCUT2D eigenvalue weighted by Crippen LogP contribution is -2.51. The van der Waals surface area contributed by atoms with Crippen LogP contribution in [0.5, 0.6) is 0 Å². The van der Waals surface area contributed by atoms with Gasteiger partial charge in [-0.25, -0.2) is 0 Å². The standard InChI is InChI=1S/C17H28N2O/c20-17(19-10-11-1-3-18-4-2-11)16-14-6-12-5-13(8-14)9-15(16)7-12/h11-16,18H,1-10H2,(H,19,20). The average molecular weight is 276 g/mol. The number of hydrogen-bond acceptors (Lipinski definition) is 2. The van der Waals surface area contributed by atoms with Gasteiger partial charge in [-0.05, 0) is 87.6 Å². The van der Waals surface area contributed by atoms with Gasteiger partial charge in [-0.3, -0.25) is 4.79 Å². The molecule has 0 unspecified atom stereocenters. The SMILES string of the molecule is O=C(NCC1CCNCC1)C1C2CC3CC(C2)CC1C3. The maximum Gasteiger partial charge on any atom is 0.223 e. The summed E-state index contributed by atoms with van der Waals surface area (Å²) in [5.41, 5.74) is 0. The van der Waals surface area contributed by atoms with Gasteiger partial charge in [0.25, 0.3) is 0 Å². The number of carbonyl (C=O) groups excluding carboxylic acids is 1. The molecular weight excluding hydrogens is 248 g/mol. The third-order valence-corrected chi connectivity index (χ3v) is 6.55. The normalized spacial score (nSPS) is 43.7. The minimum absolute atomic E-state index is 0.365. The zero-order valence-electron chi connectivity index (χ0n) is 12.4. The topological polar surface area (TPSA) is 41.1 Å². The lowest BCUT2D eigenvalue weighted by atomic mass is 9.51. The van der Waals surface area contributed by atoms with Crippen LogP contribution in [0.25, 0.3) is 0 Å². The molecule has 0 aromatic rings. The van der Waals surface area contributed by atoms with Crippen molar-refractivity contribution in [3.63, 3.8) is 0 Å². The summed E-state index contributed by atoms with van der Waals surface area (Å²) in [7, 11) is 0. The summed E-state index contributed by atoms with van der Waals surface area (Å²) < 4.78 is 0. The van der Waals surface area contributed by atoms with E-state index in [9.17, 15) is 4.79 Å². The van der Waals surface area contributed by atoms with Crippen LogP contribution in [-0.4, -0.2) is 25.5 Å². The van der Waals surface area contributed by atoms with Crippen molar-refractivity contribution in [1.82, 2.24) is 10.6 Å². The van der Waals surface area contributed by atoms with Crippen molar-refractivity contribution >= 4 is 5.91 Å². The van der Waals surface area contributed by atoms with E-state index in [0.717, 1.165) is 43.3 Å². The molecule has 4 bridgehead atoms. The Hall–Kier alpha value is -0.570. The van der Waals surface area contributed by atoms with Gasteiger partial charge in [0.15, 0.2) is 0 Å². The monoisotopic (exact) mass is 276 g/mol. The van der Waals surface area contributed by atoms with Gasteiger partial charge >= 0.3 is 0 Å². The first-order valence-corrected chi connectivity index (χ1v) is 8.78. The zero-order chi connectivity index (χ0) is 13.5. The summed E-state index contributed by atoms with van der Waals surface area (Å²) in [6.45, 7) is 3.17. The molecular formula is C17H28N2O. The molecule has 0 aromatic carbocycles. The number of nitrogens with one attached hydrogen (secondary N) is 2. The lowest BCUT2D eigenvalue weighted by molar-refractivity contribution is -0.138. The average Bonchev–Trinajstić information content (AvgIpc) is 2.45. The van der Waals surface area contributed by atoms with Crippen molar-refractivity contribution in [3.8, 4) is 0 Å². The Balaban J connectivity index is 1.34. The predicted octanol–water partition coefficient (Wildman–Crippen LogP) is 2.17. The fourth-order valence-corrected chi connectivity index (χ4v) is 5.80. The first-order chi connectivity index (χ1) is 9.79. The third kappa shape index (κ3) is 2.38. The van der Waals surface area contributed by atoms with E-state index in [1.807, 2.05) is 0 Å². The molecule has 0 spiro atoms. The van der Waals surface area contributed by atoms with Gasteiger partial charge in [0.1, 0.15) is 0 Å². The van der Waals surface area contributed by atoms with E-state index >= 15 is 0 Å². The number of carbonyl (C=O) groups is 1. The largest absolute Gasteiger partial charge is 0.356 e. The number of hydrogen-bond donors (Lipinski definition) is 2. The maximum absolute atomic E-state index is 12.6. The second-order valence-corrected chi connectivity index (χ2v) is 7.90. The van der Waals surface area contributed by atoms with Crippen molar-refractivity contribution in [2.75, 3.05) is 19.6 Å². The van der Waals surface area contributed by atoms with Crippen LogP contribution in [0.15, 0.2) is 0 Å². The van der Waals surface area contributed by atoms with Crippen LogP contribution < -0.4 is 10.6 Å². The minimum atomic E-state index is 0.365. The molecule has 5 rings (SSSR count). The summed E-state index contributed by atoms with van der Waals surface area (Å²) >= 11 is 0. The quantitative estimate of drug-likeness (QED) is 0.829. The van der Waals surface area contributed by atoms with E-state index in [1.165, 1.54) is 44.9 Å². The van der Waals surface area contributed by atoms with Crippen molar-refractivity contribution in [2.45, 2.75) is 44.9 Å². The van der Waals surface area contributed by atoms with Gasteiger partial charge in [0.05, 0.1) is 0 Å². The predicted molar refractivity (Wildman–Crippen MR) is 79.1 cm³/mol. The van der Waals surface area contributed by atoms with Crippen molar-refractivity contribution in [2.24, 2.45) is 35.5 Å². The van der Waals surface area contributed by atoms with Crippen LogP contribution in [0.1, 0.15) is 44.9 Å². The molecule has 1 saturated heterocycles. The van der Waals surface area contributed by atoms with Crippen molar-refractivity contribution in [3.05, 3.63) is 0 Å². The fraction of sp³-hybridized carbons (Fsp3) is 0.941. The highest BCUT2D eigenvalue weighted by Gasteiger charge is 2.50. The van der Waals surface area contributed by atoms with Crippen LogP contribution in [0, 0.1) is 35.5 Å². The number of piperidine rings is 1. The molecule has 1 aliphatic heterocycles. The first-order valence-electron chi connectivity index (χ1n) is 8.78. The Morgan fingerprint density at radius 3 is 2.15 bits per heavy atom. The van der Waals surface area contributed by atoms with Crippen LogP contribution in [-0.2, 0) is 4.79 Å². The number of rotatable bonds is 3. The zero-order valence-corrected chi connectivity index (χ0v) is 12.4. The second-order valence-electron chi connectivity index (χ2n) is 7.90. The summed E-state index contributed by atoms with van der Waals surface area (Å²) in [6.07, 6.45) is 9.30. The van der Waals surface area contributed by atoms with Crippen molar-refractivity contribution in [1.29, 1.82) is 0 Å². The Kier molecular flexibility index (Phi) is 3.49. The van der Waals surface area contributed by atoms with E-state index in [1.54, 1.807) is 0 Å². The van der Waals surface area contributed by atoms with Gasteiger partial charge in [-0.1, -0.05) is 0 Å². The molecule has 112 valence electrons. The summed E-state index contributed by atoms with van der Waals surface area (Å²) in [6, 6.07) is 0. The van der Waals surface area contributed by atoms with Crippen LogP contribution >= 0.6 is 0 Å². The molecule has 5 fully saturated rings. The minimum Gasteiger partial charge on any atom is -0.356 e. The van der Waals surface area contributed by atoms with Gasteiger partial charge in [-0.2, -0.15) is 0 Å². The summed E-state index contributed by atoms with van der Waals surface area (Å²) in [4.78, 5) is 12.6. The third-order valence-electron chi connectivity index (χ3n) is 6.55. The first kappa shape index (κ1) is 13.1. The second kappa shape index (κ2) is 5.32. The Labute approximate surface area is 122 Å². The molecule has 4 aliphatic carbocycles. The molecule has 20 heavy (non-hydrogen) atoms. The highest BCUT2D eigenvalue weighted by atomic mass is 16.1. The fourth-order valence-electron chi connectivity index (χ4n) is 5.80. The van der Waals surface area contributed by atoms with Gasteiger partial charge in [0, 0.05) is 12.5 Å². The highest BCUT2D eigenvalue weighted by molar-refractivity contribution is 5.79. The van der Waals surface area contributed by atoms with Crippen LogP contribution in [0.3, 0.4) is 0 Å². The lowest BCUT2D eigenvalue weighted by Gasteiger charge is -2.53. The van der Waals surface area contributed by atoms with E-state index in [2.05, 4.69) is 10.6 Å². The van der Waals surface area contributed by atoms with E-state index < -0.39 is 0 Å². The molecule has 5 aliphatic rings. The Morgan fingerprint density at radius 1 is 0.950 bits per heavy atom. The smallest absolute Gasteiger partial charge is 0.223 e. The van der Waals surface area contributed by atoms with Crippen LogP contribution in [0.4, 0.5) is 0 Å². The van der Waals surface area contributed by atoms with Crippen molar-refractivity contribution < 1.29 is 4.79 Å². The molecule has 0 aromatic heterocycles. The molecule has 4 saturated carbocycles. The molecule has 3 heteroatoms. The maximum atomic E-state index is 12.6. The molecule has 1 heterocycles. The Morgan fingerprint density at radius 2 is 1.55 bits per heavy atom. The Bertz CT molecular complexity index is 347. The van der Waals surface area contributed by atoms with Crippen LogP contribution in [0.2, 0.25) is 0 Å². The number of amides is 1.